The van der Waals surface area contributed by atoms with Gasteiger partial charge in [-0.05, 0) is 43.2 Å². The van der Waals surface area contributed by atoms with Gasteiger partial charge < -0.3 is 26.3 Å². The van der Waals surface area contributed by atoms with Crippen LogP contribution in [-0.2, 0) is 13.0 Å². The number of nitrogen functional groups attached to an aromatic ring is 2. The molecule has 5 N–H and O–H groups in total. The summed E-state index contributed by atoms with van der Waals surface area (Å²) in [5.74, 6) is 1.16. The lowest BCUT2D eigenvalue weighted by atomic mass is 9.97. The van der Waals surface area contributed by atoms with Crippen LogP contribution in [0, 0.1) is 5.82 Å². The summed E-state index contributed by atoms with van der Waals surface area (Å²) >= 11 is 0. The van der Waals surface area contributed by atoms with Crippen molar-refractivity contribution in [3.05, 3.63) is 59.0 Å². The van der Waals surface area contributed by atoms with E-state index in [-0.39, 0.29) is 24.9 Å². The molecular weight excluding hydrogens is 428 g/mol. The zero-order chi connectivity index (χ0) is 23.8. The molecule has 0 aliphatic carbocycles. The minimum Gasteiger partial charge on any atom is -0.493 e. The number of alkyl halides is 1. The number of ether oxygens (including phenoxy) is 2. The van der Waals surface area contributed by atoms with Crippen molar-refractivity contribution in [2.75, 3.05) is 37.9 Å². The first kappa shape index (κ1) is 24.2. The first-order valence-electron chi connectivity index (χ1n) is 10.8. The van der Waals surface area contributed by atoms with Gasteiger partial charge in [-0.15, -0.1) is 0 Å². The molecule has 176 valence electrons. The SMILES string of the molecule is CCOc1cc(Cc2cnc(N)nc2N)cc(OCC)c1-c1ccc(CNCCF)c(F)c1. The van der Waals surface area contributed by atoms with E-state index in [1.54, 1.807) is 18.3 Å². The monoisotopic (exact) mass is 457 g/mol. The lowest BCUT2D eigenvalue weighted by Gasteiger charge is -2.18. The Bertz CT molecular complexity index is 1070. The molecule has 7 nitrogen and oxygen atoms in total. The Morgan fingerprint density at radius 2 is 1.70 bits per heavy atom. The number of nitrogens with one attached hydrogen (secondary N) is 1. The van der Waals surface area contributed by atoms with Gasteiger partial charge in [0.1, 0.15) is 29.8 Å². The molecule has 0 fully saturated rings. The third-order valence-electron chi connectivity index (χ3n) is 4.97. The molecule has 3 aromatic rings. The van der Waals surface area contributed by atoms with Crippen LogP contribution in [0.1, 0.15) is 30.5 Å². The number of halogens is 2. The average molecular weight is 458 g/mol. The fourth-order valence-electron chi connectivity index (χ4n) is 3.50. The van der Waals surface area contributed by atoms with Crippen LogP contribution < -0.4 is 26.3 Å². The van der Waals surface area contributed by atoms with Crippen LogP contribution in [0.25, 0.3) is 11.1 Å². The van der Waals surface area contributed by atoms with Gasteiger partial charge in [-0.25, -0.2) is 13.8 Å². The van der Waals surface area contributed by atoms with Gasteiger partial charge in [-0.1, -0.05) is 12.1 Å². The molecule has 0 amide bonds. The average Bonchev–Trinajstić information content (AvgIpc) is 2.77. The van der Waals surface area contributed by atoms with Crippen molar-refractivity contribution < 1.29 is 18.3 Å². The summed E-state index contributed by atoms with van der Waals surface area (Å²) in [4.78, 5) is 8.03. The molecule has 0 atom stereocenters. The van der Waals surface area contributed by atoms with Gasteiger partial charge in [0, 0.05) is 36.8 Å². The molecule has 0 aliphatic heterocycles. The van der Waals surface area contributed by atoms with Crippen molar-refractivity contribution in [3.8, 4) is 22.6 Å². The quantitative estimate of drug-likeness (QED) is 0.375. The molecule has 0 saturated heterocycles. The Balaban J connectivity index is 2.02. The first-order chi connectivity index (χ1) is 16.0. The second-order valence-electron chi connectivity index (χ2n) is 7.32. The zero-order valence-corrected chi connectivity index (χ0v) is 18.8. The molecule has 0 saturated carbocycles. The van der Waals surface area contributed by atoms with Crippen LogP contribution in [0.3, 0.4) is 0 Å². The summed E-state index contributed by atoms with van der Waals surface area (Å²) in [5.41, 5.74) is 14.9. The number of hydrogen-bond acceptors (Lipinski definition) is 7. The van der Waals surface area contributed by atoms with E-state index in [2.05, 4.69) is 15.3 Å². The summed E-state index contributed by atoms with van der Waals surface area (Å²) in [5, 5.41) is 2.86. The van der Waals surface area contributed by atoms with Crippen molar-refractivity contribution >= 4 is 11.8 Å². The molecule has 0 bridgehead atoms. The largest absolute Gasteiger partial charge is 0.493 e. The fourth-order valence-corrected chi connectivity index (χ4v) is 3.50. The second-order valence-corrected chi connectivity index (χ2v) is 7.32. The van der Waals surface area contributed by atoms with Crippen LogP contribution in [-0.4, -0.2) is 36.4 Å². The molecule has 3 rings (SSSR count). The molecule has 0 radical (unpaired) electrons. The molecule has 0 spiro atoms. The van der Waals surface area contributed by atoms with E-state index >= 15 is 0 Å². The maximum absolute atomic E-state index is 14.8. The van der Waals surface area contributed by atoms with Gasteiger partial charge in [0.2, 0.25) is 5.95 Å². The van der Waals surface area contributed by atoms with Crippen molar-refractivity contribution in [1.82, 2.24) is 15.3 Å². The summed E-state index contributed by atoms with van der Waals surface area (Å²) in [6.07, 6.45) is 2.04. The third-order valence-corrected chi connectivity index (χ3v) is 4.97. The van der Waals surface area contributed by atoms with Crippen molar-refractivity contribution in [2.24, 2.45) is 0 Å². The molecule has 0 aliphatic rings. The Morgan fingerprint density at radius 3 is 2.27 bits per heavy atom. The highest BCUT2D eigenvalue weighted by Gasteiger charge is 2.18. The van der Waals surface area contributed by atoms with E-state index < -0.39 is 6.67 Å². The van der Waals surface area contributed by atoms with Gasteiger partial charge in [0.15, 0.2) is 0 Å². The standard InChI is InChI=1S/C24H29F2N5O2/c1-3-32-20-10-15(9-18-14-30-24(28)31-23(18)27)11-21(33-4-2)22(20)16-5-6-17(19(26)12-16)13-29-8-7-25/h5-6,10-12,14,29H,3-4,7-9,13H2,1-2H3,(H4,27,28,30,31). The van der Waals surface area contributed by atoms with E-state index in [1.165, 1.54) is 6.07 Å². The summed E-state index contributed by atoms with van der Waals surface area (Å²) in [6, 6.07) is 8.69. The van der Waals surface area contributed by atoms with Crippen LogP contribution in [0.5, 0.6) is 11.5 Å². The van der Waals surface area contributed by atoms with Gasteiger partial charge in [0.05, 0.1) is 18.8 Å². The number of nitrogens with zero attached hydrogens (tertiary/aromatic N) is 2. The summed E-state index contributed by atoms with van der Waals surface area (Å²) in [7, 11) is 0. The number of nitrogens with two attached hydrogens (primary N) is 2. The molecule has 1 heterocycles. The number of anilines is 2. The van der Waals surface area contributed by atoms with Gasteiger partial charge in [0.25, 0.3) is 0 Å². The lowest BCUT2D eigenvalue weighted by molar-refractivity contribution is 0.325. The van der Waals surface area contributed by atoms with Gasteiger partial charge in [-0.3, -0.25) is 0 Å². The Hall–Kier alpha value is -3.46. The van der Waals surface area contributed by atoms with Crippen molar-refractivity contribution in [2.45, 2.75) is 26.8 Å². The number of hydrogen-bond donors (Lipinski definition) is 3. The smallest absolute Gasteiger partial charge is 0.221 e. The van der Waals surface area contributed by atoms with E-state index in [0.29, 0.717) is 53.6 Å². The molecule has 2 aromatic carbocycles. The third kappa shape index (κ3) is 6.07. The Labute approximate surface area is 192 Å². The van der Waals surface area contributed by atoms with Crippen LogP contribution in [0.15, 0.2) is 36.5 Å². The highest BCUT2D eigenvalue weighted by atomic mass is 19.1. The molecule has 1 aromatic heterocycles. The van der Waals surface area contributed by atoms with E-state index in [4.69, 9.17) is 20.9 Å². The van der Waals surface area contributed by atoms with E-state index in [1.807, 2.05) is 26.0 Å². The molecular formula is C24H29F2N5O2. The maximum Gasteiger partial charge on any atom is 0.221 e. The Kier molecular flexibility index (Phi) is 8.37. The second kappa shape index (κ2) is 11.4. The van der Waals surface area contributed by atoms with Gasteiger partial charge in [-0.2, -0.15) is 4.98 Å². The van der Waals surface area contributed by atoms with E-state index in [0.717, 1.165) is 11.1 Å². The first-order valence-corrected chi connectivity index (χ1v) is 10.8. The predicted molar refractivity (Wildman–Crippen MR) is 126 cm³/mol. The van der Waals surface area contributed by atoms with Crippen molar-refractivity contribution in [1.29, 1.82) is 0 Å². The molecule has 33 heavy (non-hydrogen) atoms. The minimum absolute atomic E-state index is 0.113. The fraction of sp³-hybridized carbons (Fsp3) is 0.333. The Morgan fingerprint density at radius 1 is 1.00 bits per heavy atom. The summed E-state index contributed by atoms with van der Waals surface area (Å²) in [6.45, 7) is 4.51. The van der Waals surface area contributed by atoms with E-state index in [9.17, 15) is 8.78 Å². The lowest BCUT2D eigenvalue weighted by Crippen LogP contribution is -2.16. The highest BCUT2D eigenvalue weighted by molar-refractivity contribution is 5.78. The number of rotatable bonds is 11. The van der Waals surface area contributed by atoms with Crippen LogP contribution >= 0.6 is 0 Å². The molecule has 9 heteroatoms. The van der Waals surface area contributed by atoms with Crippen molar-refractivity contribution in [3.63, 3.8) is 0 Å². The zero-order valence-electron chi connectivity index (χ0n) is 18.8. The number of benzene rings is 2. The normalized spacial score (nSPS) is 10.9. The highest BCUT2D eigenvalue weighted by Crippen LogP contribution is 2.41. The minimum atomic E-state index is -0.504. The summed E-state index contributed by atoms with van der Waals surface area (Å²) < 4.78 is 38.9. The van der Waals surface area contributed by atoms with Gasteiger partial charge >= 0.3 is 0 Å². The maximum atomic E-state index is 14.8. The topological polar surface area (TPSA) is 108 Å². The predicted octanol–water partition coefficient (Wildman–Crippen LogP) is 3.89. The van der Waals surface area contributed by atoms with Crippen LogP contribution in [0.2, 0.25) is 0 Å². The van der Waals surface area contributed by atoms with Crippen LogP contribution in [0.4, 0.5) is 20.5 Å². The number of aromatic nitrogens is 2. The molecule has 0 unspecified atom stereocenters.